The summed E-state index contributed by atoms with van der Waals surface area (Å²) in [5, 5.41) is 4.51. The van der Waals surface area contributed by atoms with Crippen molar-refractivity contribution < 1.29 is 22.7 Å². The lowest BCUT2D eigenvalue weighted by atomic mass is 10.1. The fraction of sp³-hybridized carbons (Fsp3) is 0.379. The largest absolute Gasteiger partial charge is 0.497 e. The van der Waals surface area contributed by atoms with Crippen molar-refractivity contribution in [2.45, 2.75) is 45.7 Å². The molecule has 0 aliphatic carbocycles. The predicted molar refractivity (Wildman–Crippen MR) is 152 cm³/mol. The maximum absolute atomic E-state index is 13.9. The molecule has 0 fully saturated rings. The molecule has 2 amide bonds. The van der Waals surface area contributed by atoms with Crippen molar-refractivity contribution in [3.05, 3.63) is 72.3 Å². The first kappa shape index (κ1) is 29.0. The molecule has 1 atom stereocenters. The molecule has 0 saturated heterocycles. The van der Waals surface area contributed by atoms with Crippen molar-refractivity contribution in [3.8, 4) is 5.75 Å². The van der Waals surface area contributed by atoms with Crippen molar-refractivity contribution in [3.63, 3.8) is 0 Å². The van der Waals surface area contributed by atoms with Crippen molar-refractivity contribution in [2.75, 3.05) is 30.8 Å². The maximum atomic E-state index is 13.9. The molecule has 8 nitrogen and oxygen atoms in total. The molecule has 3 aromatic carbocycles. The second-order valence-corrected chi connectivity index (χ2v) is 11.1. The minimum absolute atomic E-state index is 0.128. The molecule has 0 bridgehead atoms. The normalized spacial score (nSPS) is 12.1. The Balaban J connectivity index is 2.00. The smallest absolute Gasteiger partial charge is 0.244 e. The predicted octanol–water partition coefficient (Wildman–Crippen LogP) is 4.34. The van der Waals surface area contributed by atoms with E-state index in [1.165, 1.54) is 4.90 Å². The average Bonchev–Trinajstić information content (AvgIpc) is 2.91. The van der Waals surface area contributed by atoms with Gasteiger partial charge in [-0.15, -0.1) is 0 Å². The van der Waals surface area contributed by atoms with Crippen LogP contribution in [-0.4, -0.2) is 57.6 Å². The number of hydrogen-bond acceptors (Lipinski definition) is 5. The molecule has 0 heterocycles. The van der Waals surface area contributed by atoms with Crippen molar-refractivity contribution in [2.24, 2.45) is 0 Å². The van der Waals surface area contributed by atoms with Crippen LogP contribution in [0.1, 0.15) is 38.7 Å². The summed E-state index contributed by atoms with van der Waals surface area (Å²) in [6.45, 7) is 4.08. The van der Waals surface area contributed by atoms with E-state index in [0.717, 1.165) is 39.7 Å². The third-order valence-corrected chi connectivity index (χ3v) is 7.54. The van der Waals surface area contributed by atoms with Gasteiger partial charge in [0.25, 0.3) is 0 Å². The van der Waals surface area contributed by atoms with Gasteiger partial charge < -0.3 is 15.0 Å². The first-order valence-corrected chi connectivity index (χ1v) is 14.7. The number of methoxy groups -OCH3 is 1. The van der Waals surface area contributed by atoms with E-state index in [4.69, 9.17) is 4.74 Å². The van der Waals surface area contributed by atoms with Crippen LogP contribution >= 0.6 is 0 Å². The number of amides is 2. The standard InChI is InChI=1S/C29H37N3O5S/c1-5-7-18-30-29(34)26(6-2)31(20-22-12-10-15-24(19-22)37-3)28(33)21-32(38(4,35)36)27-17-11-14-23-13-8-9-16-25(23)27/h8-17,19,26H,5-7,18,20-21H2,1-4H3,(H,30,34)/t26-/m0/s1. The molecule has 0 aromatic heterocycles. The summed E-state index contributed by atoms with van der Waals surface area (Å²) in [4.78, 5) is 28.6. The maximum Gasteiger partial charge on any atom is 0.244 e. The molecule has 3 rings (SSSR count). The van der Waals surface area contributed by atoms with Gasteiger partial charge in [-0.1, -0.05) is 68.8 Å². The molecule has 38 heavy (non-hydrogen) atoms. The molecule has 204 valence electrons. The van der Waals surface area contributed by atoms with E-state index in [2.05, 4.69) is 5.32 Å². The summed E-state index contributed by atoms with van der Waals surface area (Å²) in [5.41, 5.74) is 1.19. The summed E-state index contributed by atoms with van der Waals surface area (Å²) >= 11 is 0. The number of unbranched alkanes of at least 4 members (excludes halogenated alkanes) is 1. The zero-order valence-electron chi connectivity index (χ0n) is 22.5. The second kappa shape index (κ2) is 13.3. The third-order valence-electron chi connectivity index (χ3n) is 6.42. The number of rotatable bonds is 13. The number of fused-ring (bicyclic) bond motifs is 1. The summed E-state index contributed by atoms with van der Waals surface area (Å²) in [6.07, 6.45) is 3.22. The molecule has 9 heteroatoms. The first-order valence-electron chi connectivity index (χ1n) is 12.8. The number of nitrogens with one attached hydrogen (secondary N) is 1. The van der Waals surface area contributed by atoms with Gasteiger partial charge in [-0.2, -0.15) is 0 Å². The van der Waals surface area contributed by atoms with Crippen LogP contribution < -0.4 is 14.4 Å². The number of ether oxygens (including phenoxy) is 1. The Morgan fingerprint density at radius 2 is 1.71 bits per heavy atom. The van der Waals surface area contributed by atoms with Gasteiger partial charge in [0.15, 0.2) is 0 Å². The van der Waals surface area contributed by atoms with Crippen LogP contribution in [-0.2, 0) is 26.2 Å². The van der Waals surface area contributed by atoms with Crippen molar-refractivity contribution in [1.29, 1.82) is 0 Å². The van der Waals surface area contributed by atoms with Gasteiger partial charge in [0.1, 0.15) is 18.3 Å². The summed E-state index contributed by atoms with van der Waals surface area (Å²) in [5.74, 6) is -0.0965. The van der Waals surface area contributed by atoms with Crippen LogP contribution in [0.5, 0.6) is 5.75 Å². The summed E-state index contributed by atoms with van der Waals surface area (Å²) in [7, 11) is -2.26. The van der Waals surface area contributed by atoms with E-state index in [-0.39, 0.29) is 12.5 Å². The number of nitrogens with zero attached hydrogens (tertiary/aromatic N) is 2. The second-order valence-electron chi connectivity index (χ2n) is 9.21. The molecule has 3 aromatic rings. The molecular formula is C29H37N3O5S. The van der Waals surface area contributed by atoms with Crippen LogP contribution in [0.2, 0.25) is 0 Å². The molecular weight excluding hydrogens is 502 g/mol. The van der Waals surface area contributed by atoms with Crippen LogP contribution in [0.3, 0.4) is 0 Å². The lowest BCUT2D eigenvalue weighted by Gasteiger charge is -2.33. The minimum Gasteiger partial charge on any atom is -0.497 e. The highest BCUT2D eigenvalue weighted by Crippen LogP contribution is 2.29. The number of hydrogen-bond donors (Lipinski definition) is 1. The molecule has 0 aliphatic heterocycles. The number of benzene rings is 3. The molecule has 0 saturated carbocycles. The zero-order chi connectivity index (χ0) is 27.7. The highest BCUT2D eigenvalue weighted by Gasteiger charge is 2.32. The van der Waals surface area contributed by atoms with Gasteiger partial charge >= 0.3 is 0 Å². The SMILES string of the molecule is CCCCNC(=O)[C@H](CC)N(Cc1cccc(OC)c1)C(=O)CN(c1cccc2ccccc12)S(C)(=O)=O. The highest BCUT2D eigenvalue weighted by molar-refractivity contribution is 7.92. The summed E-state index contributed by atoms with van der Waals surface area (Å²) < 4.78 is 32.4. The van der Waals surface area contributed by atoms with Crippen LogP contribution in [0.4, 0.5) is 5.69 Å². The molecule has 0 radical (unpaired) electrons. The van der Waals surface area contributed by atoms with Crippen molar-refractivity contribution >= 4 is 38.3 Å². The number of sulfonamides is 1. The Kier molecular flexibility index (Phi) is 10.1. The lowest BCUT2D eigenvalue weighted by Crippen LogP contribution is -2.52. The Hall–Kier alpha value is -3.59. The Bertz CT molecular complexity index is 1350. The zero-order valence-corrected chi connectivity index (χ0v) is 23.3. The van der Waals surface area contributed by atoms with Gasteiger partial charge in [-0.05, 0) is 42.0 Å². The fourth-order valence-electron chi connectivity index (χ4n) is 4.41. The van der Waals surface area contributed by atoms with E-state index in [9.17, 15) is 18.0 Å². The lowest BCUT2D eigenvalue weighted by molar-refractivity contribution is -0.140. The van der Waals surface area contributed by atoms with Crippen LogP contribution in [0.25, 0.3) is 10.8 Å². The van der Waals surface area contributed by atoms with Gasteiger partial charge in [0.05, 0.1) is 19.1 Å². The Labute approximate surface area is 225 Å². The number of carbonyl (C=O) groups excluding carboxylic acids is 2. The van der Waals surface area contributed by atoms with E-state index < -0.39 is 28.5 Å². The molecule has 0 aliphatic rings. The van der Waals surface area contributed by atoms with E-state index in [1.54, 1.807) is 31.4 Å². The number of carbonyl (C=O) groups is 2. The van der Waals surface area contributed by atoms with Gasteiger partial charge in [0.2, 0.25) is 21.8 Å². The van der Waals surface area contributed by atoms with Crippen molar-refractivity contribution in [1.82, 2.24) is 10.2 Å². The topological polar surface area (TPSA) is 96.0 Å². The minimum atomic E-state index is -3.83. The van der Waals surface area contributed by atoms with Gasteiger partial charge in [-0.25, -0.2) is 8.42 Å². The quantitative estimate of drug-likeness (QED) is 0.326. The molecule has 0 spiro atoms. The molecule has 1 N–H and O–H groups in total. The van der Waals surface area contributed by atoms with Crippen LogP contribution in [0, 0.1) is 0 Å². The van der Waals surface area contributed by atoms with E-state index in [1.807, 2.05) is 56.3 Å². The van der Waals surface area contributed by atoms with Crippen LogP contribution in [0.15, 0.2) is 66.7 Å². The fourth-order valence-corrected chi connectivity index (χ4v) is 5.28. The van der Waals surface area contributed by atoms with E-state index >= 15 is 0 Å². The van der Waals surface area contributed by atoms with Gasteiger partial charge in [-0.3, -0.25) is 13.9 Å². The monoisotopic (exact) mass is 539 g/mol. The Morgan fingerprint density at radius 3 is 2.39 bits per heavy atom. The van der Waals surface area contributed by atoms with Gasteiger partial charge in [0, 0.05) is 18.5 Å². The first-order chi connectivity index (χ1) is 18.2. The third kappa shape index (κ3) is 7.25. The number of anilines is 1. The molecule has 0 unspecified atom stereocenters. The highest BCUT2D eigenvalue weighted by atomic mass is 32.2. The summed E-state index contributed by atoms with van der Waals surface area (Å²) in [6, 6.07) is 19.3. The van der Waals surface area contributed by atoms with E-state index in [0.29, 0.717) is 24.4 Å². The Morgan fingerprint density at radius 1 is 1.00 bits per heavy atom. The average molecular weight is 540 g/mol.